The molecule has 1 aromatic rings. The van der Waals surface area contributed by atoms with Crippen LogP contribution in [-0.4, -0.2) is 23.5 Å². The maximum Gasteiger partial charge on any atom is 0.237 e. The summed E-state index contributed by atoms with van der Waals surface area (Å²) in [7, 11) is 0. The number of carbonyl (C=O) groups excluding carboxylic acids is 1. The van der Waals surface area contributed by atoms with E-state index in [1.807, 2.05) is 6.20 Å². The Morgan fingerprint density at radius 3 is 3.18 bits per heavy atom. The average Bonchev–Trinajstić information content (AvgIpc) is 2.85. The zero-order valence-electron chi connectivity index (χ0n) is 10.2. The summed E-state index contributed by atoms with van der Waals surface area (Å²) in [6.45, 7) is 3.62. The molecule has 1 aliphatic rings. The lowest BCUT2D eigenvalue weighted by Crippen LogP contribution is -2.46. The van der Waals surface area contributed by atoms with Gasteiger partial charge in [0.1, 0.15) is 5.01 Å². The summed E-state index contributed by atoms with van der Waals surface area (Å²) in [6, 6.07) is -0.00522. The third-order valence-corrected chi connectivity index (χ3v) is 4.13. The lowest BCUT2D eigenvalue weighted by molar-refractivity contribution is -0.123. The predicted octanol–water partition coefficient (Wildman–Crippen LogP) is 1.46. The second-order valence-electron chi connectivity index (χ2n) is 4.29. The summed E-state index contributed by atoms with van der Waals surface area (Å²) in [5.41, 5.74) is 0. The molecule has 0 bridgehead atoms. The third kappa shape index (κ3) is 3.51. The van der Waals surface area contributed by atoms with E-state index in [1.165, 1.54) is 11.3 Å². The molecule has 0 spiro atoms. The molecule has 94 valence electrons. The Hall–Kier alpha value is -0.940. The number of aryl methyl sites for hydroxylation is 1. The van der Waals surface area contributed by atoms with Gasteiger partial charge in [-0.2, -0.15) is 0 Å². The molecule has 1 aromatic heterocycles. The normalized spacial score (nSPS) is 20.2. The van der Waals surface area contributed by atoms with Crippen LogP contribution in [0, 0.1) is 0 Å². The summed E-state index contributed by atoms with van der Waals surface area (Å²) >= 11 is 1.68. The van der Waals surface area contributed by atoms with Crippen LogP contribution in [0.1, 0.15) is 36.1 Å². The number of piperidine rings is 1. The average molecular weight is 253 g/mol. The molecule has 2 rings (SSSR count). The number of aromatic nitrogens is 1. The Balaban J connectivity index is 1.78. The number of hydrogen-bond donors (Lipinski definition) is 2. The third-order valence-electron chi connectivity index (χ3n) is 2.99. The number of nitrogens with one attached hydrogen (secondary N) is 2. The highest BCUT2D eigenvalue weighted by Gasteiger charge is 2.20. The minimum absolute atomic E-state index is 0.00522. The molecule has 0 radical (unpaired) electrons. The van der Waals surface area contributed by atoms with Crippen molar-refractivity contribution in [2.24, 2.45) is 0 Å². The first-order valence-corrected chi connectivity index (χ1v) is 7.06. The van der Waals surface area contributed by atoms with Crippen molar-refractivity contribution >= 4 is 17.2 Å². The highest BCUT2D eigenvalue weighted by atomic mass is 32.1. The summed E-state index contributed by atoms with van der Waals surface area (Å²) in [4.78, 5) is 17.4. The molecule has 4 nitrogen and oxygen atoms in total. The van der Waals surface area contributed by atoms with Gasteiger partial charge in [-0.05, 0) is 25.8 Å². The fraction of sp³-hybridized carbons (Fsp3) is 0.667. The van der Waals surface area contributed by atoms with E-state index in [0.717, 1.165) is 30.8 Å². The number of carbonyl (C=O) groups is 1. The smallest absolute Gasteiger partial charge is 0.237 e. The number of rotatable bonds is 4. The second-order valence-corrected chi connectivity index (χ2v) is 5.49. The van der Waals surface area contributed by atoms with Crippen molar-refractivity contribution in [2.45, 2.75) is 45.2 Å². The molecule has 1 aliphatic heterocycles. The first-order valence-electron chi connectivity index (χ1n) is 6.24. The van der Waals surface area contributed by atoms with Gasteiger partial charge < -0.3 is 10.6 Å². The van der Waals surface area contributed by atoms with Gasteiger partial charge in [-0.25, -0.2) is 4.98 Å². The van der Waals surface area contributed by atoms with Crippen LogP contribution < -0.4 is 10.6 Å². The Morgan fingerprint density at radius 1 is 1.65 bits per heavy atom. The second kappa shape index (κ2) is 6.12. The van der Waals surface area contributed by atoms with Gasteiger partial charge in [-0.15, -0.1) is 11.3 Å². The maximum atomic E-state index is 11.9. The fourth-order valence-corrected chi connectivity index (χ4v) is 2.76. The van der Waals surface area contributed by atoms with E-state index in [9.17, 15) is 4.79 Å². The molecule has 5 heteroatoms. The molecule has 17 heavy (non-hydrogen) atoms. The highest BCUT2D eigenvalue weighted by molar-refractivity contribution is 7.11. The summed E-state index contributed by atoms with van der Waals surface area (Å²) in [6.07, 6.45) is 6.17. The lowest BCUT2D eigenvalue weighted by Gasteiger charge is -2.22. The van der Waals surface area contributed by atoms with Gasteiger partial charge in [0.25, 0.3) is 0 Å². The van der Waals surface area contributed by atoms with Crippen LogP contribution in [0.15, 0.2) is 6.20 Å². The van der Waals surface area contributed by atoms with E-state index in [-0.39, 0.29) is 11.9 Å². The largest absolute Gasteiger partial charge is 0.348 e. The van der Waals surface area contributed by atoms with E-state index in [1.54, 1.807) is 11.3 Å². The Morgan fingerprint density at radius 2 is 2.53 bits per heavy atom. The van der Waals surface area contributed by atoms with Crippen LogP contribution in [0.4, 0.5) is 0 Å². The summed E-state index contributed by atoms with van der Waals surface area (Å²) in [5, 5.41) is 7.19. The van der Waals surface area contributed by atoms with Crippen molar-refractivity contribution < 1.29 is 4.79 Å². The van der Waals surface area contributed by atoms with Crippen LogP contribution in [0.3, 0.4) is 0 Å². The standard InChI is InChI=1S/C12H19N3OS/c1-2-9-7-14-11(17-9)8-15-12(16)10-5-3-4-6-13-10/h7,10,13H,2-6,8H2,1H3,(H,15,16)/t10-/m0/s1. The molecule has 0 aliphatic carbocycles. The number of amides is 1. The van der Waals surface area contributed by atoms with Crippen molar-refractivity contribution in [3.05, 3.63) is 16.1 Å². The van der Waals surface area contributed by atoms with E-state index >= 15 is 0 Å². The first-order chi connectivity index (χ1) is 8.29. The van der Waals surface area contributed by atoms with E-state index in [2.05, 4.69) is 22.5 Å². The van der Waals surface area contributed by atoms with E-state index < -0.39 is 0 Å². The zero-order chi connectivity index (χ0) is 12.1. The Labute approximate surface area is 106 Å². The number of hydrogen-bond acceptors (Lipinski definition) is 4. The van der Waals surface area contributed by atoms with Crippen molar-refractivity contribution in [3.8, 4) is 0 Å². The molecule has 1 fully saturated rings. The maximum absolute atomic E-state index is 11.9. The van der Waals surface area contributed by atoms with Crippen molar-refractivity contribution in [1.82, 2.24) is 15.6 Å². The molecule has 1 saturated heterocycles. The fourth-order valence-electron chi connectivity index (χ4n) is 1.95. The zero-order valence-corrected chi connectivity index (χ0v) is 11.0. The van der Waals surface area contributed by atoms with Crippen molar-refractivity contribution in [2.75, 3.05) is 6.54 Å². The quantitative estimate of drug-likeness (QED) is 0.854. The van der Waals surface area contributed by atoms with Gasteiger partial charge in [-0.3, -0.25) is 4.79 Å². The molecule has 0 aromatic carbocycles. The lowest BCUT2D eigenvalue weighted by atomic mass is 10.0. The topological polar surface area (TPSA) is 54.0 Å². The minimum Gasteiger partial charge on any atom is -0.348 e. The molecule has 2 N–H and O–H groups in total. The number of nitrogens with zero attached hydrogens (tertiary/aromatic N) is 1. The Kier molecular flexibility index (Phi) is 4.50. The molecule has 2 heterocycles. The summed E-state index contributed by atoms with van der Waals surface area (Å²) < 4.78 is 0. The molecular weight excluding hydrogens is 234 g/mol. The van der Waals surface area contributed by atoms with E-state index in [4.69, 9.17) is 0 Å². The molecule has 0 saturated carbocycles. The van der Waals surface area contributed by atoms with Crippen LogP contribution in [0.2, 0.25) is 0 Å². The van der Waals surface area contributed by atoms with Crippen LogP contribution in [0.25, 0.3) is 0 Å². The van der Waals surface area contributed by atoms with Gasteiger partial charge in [0.2, 0.25) is 5.91 Å². The van der Waals surface area contributed by atoms with Crippen LogP contribution >= 0.6 is 11.3 Å². The monoisotopic (exact) mass is 253 g/mol. The van der Waals surface area contributed by atoms with Crippen LogP contribution in [0.5, 0.6) is 0 Å². The minimum atomic E-state index is -0.00522. The Bertz CT molecular complexity index is 372. The number of thiazole rings is 1. The predicted molar refractivity (Wildman–Crippen MR) is 69.0 cm³/mol. The van der Waals surface area contributed by atoms with E-state index in [0.29, 0.717) is 6.54 Å². The van der Waals surface area contributed by atoms with Gasteiger partial charge in [0.15, 0.2) is 0 Å². The molecule has 1 amide bonds. The highest BCUT2D eigenvalue weighted by Crippen LogP contribution is 2.13. The van der Waals surface area contributed by atoms with Gasteiger partial charge in [-0.1, -0.05) is 13.3 Å². The SMILES string of the molecule is CCc1cnc(CNC(=O)[C@@H]2CCCCN2)s1. The van der Waals surface area contributed by atoms with Crippen LogP contribution in [-0.2, 0) is 17.8 Å². The van der Waals surface area contributed by atoms with Crippen molar-refractivity contribution in [3.63, 3.8) is 0 Å². The molecular formula is C12H19N3OS. The molecule has 0 unspecified atom stereocenters. The molecule has 1 atom stereocenters. The van der Waals surface area contributed by atoms with Gasteiger partial charge in [0.05, 0.1) is 12.6 Å². The summed E-state index contributed by atoms with van der Waals surface area (Å²) in [5.74, 6) is 0.109. The van der Waals surface area contributed by atoms with Gasteiger partial charge in [0, 0.05) is 11.1 Å². The first kappa shape index (κ1) is 12.5. The van der Waals surface area contributed by atoms with Gasteiger partial charge >= 0.3 is 0 Å². The van der Waals surface area contributed by atoms with Crippen molar-refractivity contribution in [1.29, 1.82) is 0 Å².